The maximum Gasteiger partial charge on any atom is 0.425 e. The van der Waals surface area contributed by atoms with Crippen molar-refractivity contribution in [1.82, 2.24) is 9.88 Å². The molecule has 0 radical (unpaired) electrons. The molecule has 0 bridgehead atoms. The molecule has 0 saturated carbocycles. The Morgan fingerprint density at radius 3 is 2.82 bits per heavy atom. The summed E-state index contributed by atoms with van der Waals surface area (Å²) in [5.41, 5.74) is 0.0179. The second-order valence-electron chi connectivity index (χ2n) is 7.17. The Kier molecular flexibility index (Phi) is 6.80. The van der Waals surface area contributed by atoms with Crippen LogP contribution in [0.3, 0.4) is 0 Å². The molecule has 34 heavy (non-hydrogen) atoms. The Balaban J connectivity index is 1.55. The average molecular weight is 537 g/mol. The third-order valence-corrected chi connectivity index (χ3v) is 9.39. The van der Waals surface area contributed by atoms with Crippen molar-refractivity contribution >= 4 is 39.4 Å². The van der Waals surface area contributed by atoms with E-state index in [9.17, 15) is 33.1 Å². The number of rotatable bonds is 4. The van der Waals surface area contributed by atoms with Crippen molar-refractivity contribution < 1.29 is 51.6 Å². The Hall–Kier alpha value is -2.37. The number of aliphatic hydroxyl groups is 1. The van der Waals surface area contributed by atoms with Gasteiger partial charge in [0.25, 0.3) is 0 Å². The number of carbonyl (C=O) groups is 2. The first-order valence-electron chi connectivity index (χ1n) is 9.50. The summed E-state index contributed by atoms with van der Waals surface area (Å²) in [6.45, 7) is -0.145. The van der Waals surface area contributed by atoms with Gasteiger partial charge in [-0.15, -0.1) is 0 Å². The van der Waals surface area contributed by atoms with E-state index in [4.69, 9.17) is 25.4 Å². The van der Waals surface area contributed by atoms with E-state index in [1.165, 1.54) is 24.5 Å². The lowest BCUT2D eigenvalue weighted by Crippen LogP contribution is -2.34. The monoisotopic (exact) mass is 536 g/mol. The zero-order chi connectivity index (χ0) is 24.7. The molecule has 4 rings (SSSR count). The summed E-state index contributed by atoms with van der Waals surface area (Å²) in [7, 11) is -8.68. The minimum atomic E-state index is -5.01. The van der Waals surface area contributed by atoms with Crippen LogP contribution in [0.25, 0.3) is 0 Å². The smallest absolute Gasteiger partial charge is 0.425 e. The number of halogens is 2. The van der Waals surface area contributed by atoms with Crippen LogP contribution in [0.2, 0.25) is 5.02 Å². The summed E-state index contributed by atoms with van der Waals surface area (Å²) in [4.78, 5) is 38.3. The highest BCUT2D eigenvalue weighted by Gasteiger charge is 2.59. The summed E-state index contributed by atoms with van der Waals surface area (Å²) in [5.74, 6) is -1.95. The third kappa shape index (κ3) is 4.60. The maximum atomic E-state index is 14.7. The SMILES string of the molecule is O=C1OCCN1C(=O)Oc1c(F)cc(C2O[PH](=O)C(O)(Cc3cccnc3)P(=O)(O)O2)cc1Cl. The fourth-order valence-electron chi connectivity index (χ4n) is 3.15. The summed E-state index contributed by atoms with van der Waals surface area (Å²) >= 11 is 5.99. The number of nitrogens with zero attached hydrogens (tertiary/aromatic N) is 2. The van der Waals surface area contributed by atoms with E-state index in [0.29, 0.717) is 16.5 Å². The van der Waals surface area contributed by atoms with Crippen LogP contribution in [0.15, 0.2) is 36.7 Å². The van der Waals surface area contributed by atoms with Gasteiger partial charge in [-0.3, -0.25) is 23.2 Å². The Morgan fingerprint density at radius 2 is 2.24 bits per heavy atom. The average Bonchev–Trinajstić information content (AvgIpc) is 3.21. The van der Waals surface area contributed by atoms with E-state index in [0.717, 1.165) is 6.07 Å². The van der Waals surface area contributed by atoms with E-state index >= 15 is 0 Å². The van der Waals surface area contributed by atoms with Crippen molar-refractivity contribution in [3.8, 4) is 5.75 Å². The van der Waals surface area contributed by atoms with Crippen molar-refractivity contribution in [3.63, 3.8) is 0 Å². The van der Waals surface area contributed by atoms with Gasteiger partial charge in [0.05, 0.1) is 11.6 Å². The summed E-state index contributed by atoms with van der Waals surface area (Å²) in [6, 6.07) is 4.70. The molecule has 2 aliphatic rings. The van der Waals surface area contributed by atoms with Gasteiger partial charge in [-0.25, -0.2) is 18.9 Å². The lowest BCUT2D eigenvalue weighted by molar-refractivity contribution is -0.0390. The number of imide groups is 1. The first kappa shape index (κ1) is 24.7. The lowest BCUT2D eigenvalue weighted by Gasteiger charge is -2.38. The summed E-state index contributed by atoms with van der Waals surface area (Å²) in [6.07, 6.45) is -1.84. The molecule has 1 aromatic heterocycles. The number of hydrogen-bond acceptors (Lipinski definition) is 10. The molecule has 2 amide bonds. The first-order chi connectivity index (χ1) is 16.0. The highest BCUT2D eigenvalue weighted by molar-refractivity contribution is 7.68. The van der Waals surface area contributed by atoms with Crippen LogP contribution < -0.4 is 4.74 Å². The minimum Gasteiger partial charge on any atom is -0.447 e. The number of pyridine rings is 1. The molecule has 2 aliphatic heterocycles. The molecule has 3 heterocycles. The number of cyclic esters (lactones) is 1. The molecule has 4 unspecified atom stereocenters. The molecule has 4 atom stereocenters. The molecular weight excluding hydrogens is 521 g/mol. The molecule has 12 nitrogen and oxygen atoms in total. The van der Waals surface area contributed by atoms with Gasteiger partial charge in [0.1, 0.15) is 6.61 Å². The van der Waals surface area contributed by atoms with E-state index in [1.807, 2.05) is 0 Å². The first-order valence-corrected chi connectivity index (χ1v) is 12.8. The van der Waals surface area contributed by atoms with Gasteiger partial charge in [0, 0.05) is 24.4 Å². The number of benzene rings is 1. The molecule has 182 valence electrons. The third-order valence-electron chi connectivity index (χ3n) is 4.88. The molecule has 16 heteroatoms. The molecule has 2 fully saturated rings. The fraction of sp³-hybridized carbons (Fsp3) is 0.278. The molecule has 1 aromatic carbocycles. The van der Waals surface area contributed by atoms with Crippen molar-refractivity contribution in [2.75, 3.05) is 13.2 Å². The largest absolute Gasteiger partial charge is 0.447 e. The second kappa shape index (κ2) is 9.35. The number of aromatic nitrogens is 1. The highest BCUT2D eigenvalue weighted by atomic mass is 35.5. The fourth-order valence-corrected chi connectivity index (χ4v) is 6.62. The van der Waals surface area contributed by atoms with Crippen molar-refractivity contribution in [2.24, 2.45) is 0 Å². The zero-order valence-corrected chi connectivity index (χ0v) is 19.6. The van der Waals surface area contributed by atoms with Gasteiger partial charge >= 0.3 is 19.8 Å². The standard InChI is InChI=1S/C18H16ClFN2O10P2/c19-12-6-11(7-13(20)14(12)30-17(24)22-4-5-29-16(22)23)15-31-33(26)18(25,34(27,28)32-15)8-10-2-1-3-21-9-10/h1-3,6-7,9,15,25,33H,4-5,8H2,(H,27,28). The van der Waals surface area contributed by atoms with E-state index in [-0.39, 0.29) is 18.7 Å². The number of ether oxygens (including phenoxy) is 2. The van der Waals surface area contributed by atoms with Crippen LogP contribution in [-0.4, -0.2) is 50.3 Å². The van der Waals surface area contributed by atoms with Crippen LogP contribution in [-0.2, 0) is 29.3 Å². The Labute approximate surface area is 196 Å². The van der Waals surface area contributed by atoms with Gasteiger partial charge in [-0.1, -0.05) is 17.7 Å². The highest BCUT2D eigenvalue weighted by Crippen LogP contribution is 2.72. The number of carbonyl (C=O) groups excluding carboxylic acids is 2. The zero-order valence-electron chi connectivity index (χ0n) is 16.9. The molecule has 2 aromatic rings. The molecule has 2 saturated heterocycles. The van der Waals surface area contributed by atoms with E-state index in [2.05, 4.69) is 9.72 Å². The predicted octanol–water partition coefficient (Wildman–Crippen LogP) is 3.42. The minimum absolute atomic E-state index is 0.0486. The molecular formula is C18H16ClFN2O10P2. The van der Waals surface area contributed by atoms with Crippen LogP contribution in [0.5, 0.6) is 5.75 Å². The van der Waals surface area contributed by atoms with E-state index < -0.39 is 62.2 Å². The van der Waals surface area contributed by atoms with Crippen LogP contribution >= 0.6 is 27.2 Å². The van der Waals surface area contributed by atoms with Crippen LogP contribution in [0, 0.1) is 5.82 Å². The molecule has 0 spiro atoms. The number of hydrogen-bond donors (Lipinski definition) is 2. The molecule has 0 aliphatic carbocycles. The lowest BCUT2D eigenvalue weighted by atomic mass is 10.2. The summed E-state index contributed by atoms with van der Waals surface area (Å²) in [5, 5.41) is 7.47. The van der Waals surface area contributed by atoms with E-state index in [1.54, 1.807) is 0 Å². The van der Waals surface area contributed by atoms with Gasteiger partial charge in [-0.05, 0) is 23.8 Å². The van der Waals surface area contributed by atoms with Gasteiger partial charge in [-0.2, -0.15) is 0 Å². The number of amides is 2. The van der Waals surface area contributed by atoms with Gasteiger partial charge in [0.2, 0.25) is 13.1 Å². The van der Waals surface area contributed by atoms with Crippen molar-refractivity contribution in [1.29, 1.82) is 0 Å². The Morgan fingerprint density at radius 1 is 1.47 bits per heavy atom. The Bertz CT molecular complexity index is 1200. The quantitative estimate of drug-likeness (QED) is 0.551. The van der Waals surface area contributed by atoms with Crippen LogP contribution in [0.1, 0.15) is 17.4 Å². The van der Waals surface area contributed by atoms with Crippen LogP contribution in [0.4, 0.5) is 14.0 Å². The molecule has 2 N–H and O–H groups in total. The second-order valence-corrected chi connectivity index (χ2v) is 11.6. The maximum absolute atomic E-state index is 14.7. The topological polar surface area (TPSA) is 162 Å². The van der Waals surface area contributed by atoms with Crippen molar-refractivity contribution in [3.05, 3.63) is 58.6 Å². The van der Waals surface area contributed by atoms with Gasteiger partial charge < -0.3 is 19.5 Å². The summed E-state index contributed by atoms with van der Waals surface area (Å²) < 4.78 is 59.7. The van der Waals surface area contributed by atoms with Gasteiger partial charge in [0.15, 0.2) is 17.9 Å². The van der Waals surface area contributed by atoms with Crippen molar-refractivity contribution in [2.45, 2.75) is 17.8 Å². The predicted molar refractivity (Wildman–Crippen MR) is 112 cm³/mol. The normalized spacial score (nSPS) is 29.1.